The number of rotatable bonds is 5. The van der Waals surface area contributed by atoms with Crippen molar-refractivity contribution in [3.8, 4) is 0 Å². The lowest BCUT2D eigenvalue weighted by atomic mass is 10.0. The van der Waals surface area contributed by atoms with E-state index in [4.69, 9.17) is 0 Å². The molecule has 1 aromatic carbocycles. The molecule has 0 aromatic heterocycles. The average molecular weight is 411 g/mol. The Balaban J connectivity index is 1.69. The summed E-state index contributed by atoms with van der Waals surface area (Å²) >= 11 is 0. The molecular formula is C19H26FN3O4S. The Morgan fingerprint density at radius 2 is 1.79 bits per heavy atom. The molecule has 1 aromatic rings. The summed E-state index contributed by atoms with van der Waals surface area (Å²) in [6.07, 6.45) is 1.23. The molecule has 2 saturated heterocycles. The van der Waals surface area contributed by atoms with Crippen molar-refractivity contribution in [1.82, 2.24) is 14.1 Å². The lowest BCUT2D eigenvalue weighted by Gasteiger charge is -2.39. The molecule has 2 fully saturated rings. The van der Waals surface area contributed by atoms with Gasteiger partial charge in [0.15, 0.2) is 0 Å². The van der Waals surface area contributed by atoms with E-state index in [1.165, 1.54) is 22.5 Å². The van der Waals surface area contributed by atoms with E-state index in [2.05, 4.69) is 0 Å². The van der Waals surface area contributed by atoms with Gasteiger partial charge in [-0.05, 0) is 30.5 Å². The minimum Gasteiger partial charge on any atom is -0.338 e. The maximum atomic E-state index is 13.4. The van der Waals surface area contributed by atoms with Crippen molar-refractivity contribution in [2.24, 2.45) is 5.92 Å². The Kier molecular flexibility index (Phi) is 6.04. The molecule has 9 heteroatoms. The first-order chi connectivity index (χ1) is 13.2. The van der Waals surface area contributed by atoms with E-state index in [-0.39, 0.29) is 48.8 Å². The van der Waals surface area contributed by atoms with Gasteiger partial charge in [-0.15, -0.1) is 0 Å². The number of nitrogens with zero attached hydrogens (tertiary/aromatic N) is 3. The summed E-state index contributed by atoms with van der Waals surface area (Å²) in [6.45, 7) is 5.20. The van der Waals surface area contributed by atoms with E-state index in [0.29, 0.717) is 13.0 Å². The Morgan fingerprint density at radius 1 is 1.11 bits per heavy atom. The van der Waals surface area contributed by atoms with Gasteiger partial charge in [-0.1, -0.05) is 19.9 Å². The minimum absolute atomic E-state index is 0.000585. The number of sulfonamides is 1. The van der Waals surface area contributed by atoms with Crippen LogP contribution in [0.5, 0.6) is 0 Å². The summed E-state index contributed by atoms with van der Waals surface area (Å²) in [4.78, 5) is 28.4. The van der Waals surface area contributed by atoms with Crippen molar-refractivity contribution in [1.29, 1.82) is 0 Å². The highest BCUT2D eigenvalue weighted by Crippen LogP contribution is 2.23. The summed E-state index contributed by atoms with van der Waals surface area (Å²) in [6, 6.07) is 4.41. The van der Waals surface area contributed by atoms with E-state index in [1.54, 1.807) is 9.80 Å². The van der Waals surface area contributed by atoms with E-state index in [0.717, 1.165) is 12.5 Å². The highest BCUT2D eigenvalue weighted by Gasteiger charge is 2.39. The normalized spacial score (nSPS) is 20.1. The van der Waals surface area contributed by atoms with Gasteiger partial charge in [0.25, 0.3) is 0 Å². The summed E-state index contributed by atoms with van der Waals surface area (Å²) in [5.41, 5.74) is 0. The number of carbonyl (C=O) groups is 2. The zero-order valence-corrected chi connectivity index (χ0v) is 17.0. The predicted octanol–water partition coefficient (Wildman–Crippen LogP) is 1.31. The van der Waals surface area contributed by atoms with Gasteiger partial charge in [-0.3, -0.25) is 9.59 Å². The lowest BCUT2D eigenvalue weighted by molar-refractivity contribution is -0.146. The molecule has 3 rings (SSSR count). The van der Waals surface area contributed by atoms with Gasteiger partial charge in [0.05, 0.1) is 4.90 Å². The third-order valence-electron chi connectivity index (χ3n) is 5.31. The van der Waals surface area contributed by atoms with Gasteiger partial charge in [0.2, 0.25) is 21.8 Å². The molecule has 0 aliphatic carbocycles. The van der Waals surface area contributed by atoms with Crippen molar-refractivity contribution < 1.29 is 22.4 Å². The third-order valence-corrected chi connectivity index (χ3v) is 7.21. The van der Waals surface area contributed by atoms with Crippen LogP contribution in [-0.2, 0) is 19.6 Å². The Labute approximate surface area is 165 Å². The van der Waals surface area contributed by atoms with Crippen molar-refractivity contribution >= 4 is 21.8 Å². The van der Waals surface area contributed by atoms with Crippen LogP contribution < -0.4 is 0 Å². The molecule has 0 saturated carbocycles. The number of halogens is 1. The van der Waals surface area contributed by atoms with Crippen LogP contribution >= 0.6 is 0 Å². The van der Waals surface area contributed by atoms with Gasteiger partial charge in [-0.25, -0.2) is 12.8 Å². The van der Waals surface area contributed by atoms with E-state index < -0.39 is 21.9 Å². The first kappa shape index (κ1) is 20.7. The standard InChI is InChI=1S/C19H26FN3O4S/c1-14(2)18(23-8-4-7-17(23)24)19(25)21-9-11-22(12-10-21)28(26,27)16-6-3-5-15(20)13-16/h3,5-6,13-14,18H,4,7-12H2,1-2H3. The van der Waals surface area contributed by atoms with Crippen molar-refractivity contribution in [3.05, 3.63) is 30.1 Å². The predicted molar refractivity (Wildman–Crippen MR) is 101 cm³/mol. The van der Waals surface area contributed by atoms with Gasteiger partial charge in [0.1, 0.15) is 11.9 Å². The lowest BCUT2D eigenvalue weighted by Crippen LogP contribution is -2.57. The Hall–Kier alpha value is -2.00. The fourth-order valence-corrected chi connectivity index (χ4v) is 5.31. The molecule has 0 bridgehead atoms. The molecule has 2 aliphatic rings. The maximum Gasteiger partial charge on any atom is 0.245 e. The average Bonchev–Trinajstić information content (AvgIpc) is 3.07. The molecule has 2 heterocycles. The first-order valence-corrected chi connectivity index (χ1v) is 11.0. The minimum atomic E-state index is -3.80. The molecule has 1 atom stereocenters. The number of likely N-dealkylation sites (tertiary alicyclic amines) is 1. The van der Waals surface area contributed by atoms with Crippen molar-refractivity contribution in [2.45, 2.75) is 37.6 Å². The second kappa shape index (κ2) is 8.16. The van der Waals surface area contributed by atoms with Gasteiger partial charge >= 0.3 is 0 Å². The summed E-state index contributed by atoms with van der Waals surface area (Å²) < 4.78 is 40.1. The molecule has 0 radical (unpaired) electrons. The molecule has 154 valence electrons. The second-order valence-corrected chi connectivity index (χ2v) is 9.50. The van der Waals surface area contributed by atoms with Crippen LogP contribution in [-0.4, -0.2) is 73.1 Å². The quantitative estimate of drug-likeness (QED) is 0.732. The van der Waals surface area contributed by atoms with Gasteiger partial charge in [-0.2, -0.15) is 4.31 Å². The zero-order valence-electron chi connectivity index (χ0n) is 16.2. The van der Waals surface area contributed by atoms with Gasteiger partial charge in [0, 0.05) is 39.1 Å². The molecule has 28 heavy (non-hydrogen) atoms. The fraction of sp³-hybridized carbons (Fsp3) is 0.579. The monoisotopic (exact) mass is 411 g/mol. The SMILES string of the molecule is CC(C)C(C(=O)N1CCN(S(=O)(=O)c2cccc(F)c2)CC1)N1CCCC1=O. The molecule has 1 unspecified atom stereocenters. The number of hydrogen-bond donors (Lipinski definition) is 0. The summed E-state index contributed by atoms with van der Waals surface area (Å²) in [5, 5.41) is 0. The number of piperazine rings is 1. The maximum absolute atomic E-state index is 13.4. The van der Waals surface area contributed by atoms with Crippen LogP contribution in [0.15, 0.2) is 29.2 Å². The topological polar surface area (TPSA) is 78.0 Å². The molecule has 2 amide bonds. The van der Waals surface area contributed by atoms with Crippen LogP contribution in [0, 0.1) is 11.7 Å². The summed E-state index contributed by atoms with van der Waals surface area (Å²) in [5.74, 6) is -0.763. The zero-order chi connectivity index (χ0) is 20.5. The molecule has 7 nitrogen and oxygen atoms in total. The highest BCUT2D eigenvalue weighted by atomic mass is 32.2. The molecule has 2 aliphatic heterocycles. The van der Waals surface area contributed by atoms with E-state index in [9.17, 15) is 22.4 Å². The highest BCUT2D eigenvalue weighted by molar-refractivity contribution is 7.89. The van der Waals surface area contributed by atoms with Crippen molar-refractivity contribution in [2.75, 3.05) is 32.7 Å². The van der Waals surface area contributed by atoms with Gasteiger partial charge < -0.3 is 9.80 Å². The second-order valence-electron chi connectivity index (χ2n) is 7.57. The van der Waals surface area contributed by atoms with Crippen LogP contribution in [0.3, 0.4) is 0 Å². The smallest absolute Gasteiger partial charge is 0.245 e. The number of benzene rings is 1. The number of carbonyl (C=O) groups excluding carboxylic acids is 2. The molecule has 0 N–H and O–H groups in total. The number of hydrogen-bond acceptors (Lipinski definition) is 4. The number of amides is 2. The Morgan fingerprint density at radius 3 is 2.32 bits per heavy atom. The molecular weight excluding hydrogens is 385 g/mol. The third kappa shape index (κ3) is 4.05. The van der Waals surface area contributed by atoms with Crippen LogP contribution in [0.2, 0.25) is 0 Å². The van der Waals surface area contributed by atoms with Crippen LogP contribution in [0.25, 0.3) is 0 Å². The first-order valence-electron chi connectivity index (χ1n) is 9.56. The Bertz CT molecular complexity index is 850. The summed E-state index contributed by atoms with van der Waals surface area (Å²) in [7, 11) is -3.80. The largest absolute Gasteiger partial charge is 0.338 e. The fourth-order valence-electron chi connectivity index (χ4n) is 3.85. The van der Waals surface area contributed by atoms with Crippen molar-refractivity contribution in [3.63, 3.8) is 0 Å². The van der Waals surface area contributed by atoms with E-state index >= 15 is 0 Å². The van der Waals surface area contributed by atoms with Crippen LogP contribution in [0.4, 0.5) is 4.39 Å². The van der Waals surface area contributed by atoms with Crippen LogP contribution in [0.1, 0.15) is 26.7 Å². The van der Waals surface area contributed by atoms with E-state index in [1.807, 2.05) is 13.8 Å². The molecule has 0 spiro atoms.